The second-order valence-electron chi connectivity index (χ2n) is 7.13. The highest BCUT2D eigenvalue weighted by Gasteiger charge is 2.46. The molecule has 4 rings (SSSR count). The predicted molar refractivity (Wildman–Crippen MR) is 115 cm³/mol. The van der Waals surface area contributed by atoms with Crippen LogP contribution in [0.25, 0.3) is 0 Å². The molecule has 8 nitrogen and oxygen atoms in total. The molecule has 0 atom stereocenters. The maximum atomic E-state index is 13.3. The lowest BCUT2D eigenvalue weighted by Crippen LogP contribution is -2.15. The SMILES string of the molecule is COc1ccc(OC)c2c1C(=O)C(c1cc(OCc3ccccc3)ccc1[N+](=O)[O-])C2=O. The van der Waals surface area contributed by atoms with E-state index >= 15 is 0 Å². The van der Waals surface area contributed by atoms with Crippen LogP contribution in [0.1, 0.15) is 37.8 Å². The van der Waals surface area contributed by atoms with E-state index in [1.165, 1.54) is 44.6 Å². The van der Waals surface area contributed by atoms with Gasteiger partial charge in [-0.3, -0.25) is 19.7 Å². The highest BCUT2D eigenvalue weighted by molar-refractivity contribution is 6.32. The first-order valence-corrected chi connectivity index (χ1v) is 9.74. The van der Waals surface area contributed by atoms with E-state index in [9.17, 15) is 19.7 Å². The molecule has 0 amide bonds. The average Bonchev–Trinajstić information content (AvgIpc) is 3.08. The van der Waals surface area contributed by atoms with E-state index in [0.717, 1.165) is 5.56 Å². The van der Waals surface area contributed by atoms with Gasteiger partial charge in [0.25, 0.3) is 5.69 Å². The lowest BCUT2D eigenvalue weighted by Gasteiger charge is -2.12. The van der Waals surface area contributed by atoms with E-state index in [0.29, 0.717) is 5.75 Å². The summed E-state index contributed by atoms with van der Waals surface area (Å²) < 4.78 is 16.3. The third kappa shape index (κ3) is 3.56. The zero-order chi connectivity index (χ0) is 22.8. The minimum absolute atomic E-state index is 0.0316. The summed E-state index contributed by atoms with van der Waals surface area (Å²) in [5.74, 6) is -1.82. The largest absolute Gasteiger partial charge is 0.496 e. The van der Waals surface area contributed by atoms with Crippen LogP contribution in [-0.2, 0) is 6.61 Å². The van der Waals surface area contributed by atoms with E-state index in [1.807, 2.05) is 30.3 Å². The number of nitro groups is 1. The molecule has 0 aliphatic heterocycles. The van der Waals surface area contributed by atoms with Crippen LogP contribution in [0.15, 0.2) is 60.7 Å². The van der Waals surface area contributed by atoms with Crippen LogP contribution < -0.4 is 14.2 Å². The minimum Gasteiger partial charge on any atom is -0.496 e. The molecule has 0 radical (unpaired) electrons. The van der Waals surface area contributed by atoms with Crippen molar-refractivity contribution >= 4 is 17.3 Å². The Morgan fingerprint density at radius 3 is 2.00 bits per heavy atom. The second-order valence-corrected chi connectivity index (χ2v) is 7.13. The van der Waals surface area contributed by atoms with E-state index in [-0.39, 0.29) is 40.5 Å². The standard InChI is InChI=1S/C24H19NO7/c1-30-18-10-11-19(31-2)22-21(18)23(26)20(24(22)27)16-12-15(8-9-17(16)25(28)29)32-13-14-6-4-3-5-7-14/h3-12,20H,13H2,1-2H3. The van der Waals surface area contributed by atoms with Crippen molar-refractivity contribution in [3.63, 3.8) is 0 Å². The fraction of sp³-hybridized carbons (Fsp3) is 0.167. The van der Waals surface area contributed by atoms with Crippen molar-refractivity contribution in [1.29, 1.82) is 0 Å². The molecule has 162 valence electrons. The summed E-state index contributed by atoms with van der Waals surface area (Å²) in [5, 5.41) is 11.7. The third-order valence-corrected chi connectivity index (χ3v) is 5.34. The van der Waals surface area contributed by atoms with Gasteiger partial charge >= 0.3 is 0 Å². The van der Waals surface area contributed by atoms with Crippen molar-refractivity contribution in [2.75, 3.05) is 14.2 Å². The van der Waals surface area contributed by atoms with E-state index in [4.69, 9.17) is 14.2 Å². The Kier molecular flexibility index (Phi) is 5.59. The number of hydrogen-bond donors (Lipinski definition) is 0. The molecule has 0 heterocycles. The monoisotopic (exact) mass is 433 g/mol. The molecule has 1 aliphatic carbocycles. The first-order valence-electron chi connectivity index (χ1n) is 9.74. The molecular formula is C24H19NO7. The van der Waals surface area contributed by atoms with E-state index in [1.54, 1.807) is 0 Å². The second kappa shape index (κ2) is 8.50. The molecule has 3 aromatic rings. The normalized spacial score (nSPS) is 13.1. The molecule has 3 aromatic carbocycles. The topological polar surface area (TPSA) is 105 Å². The Morgan fingerprint density at radius 1 is 0.875 bits per heavy atom. The van der Waals surface area contributed by atoms with Gasteiger partial charge in [-0.2, -0.15) is 0 Å². The molecule has 8 heteroatoms. The van der Waals surface area contributed by atoms with Crippen molar-refractivity contribution in [3.8, 4) is 17.2 Å². The number of ether oxygens (including phenoxy) is 3. The number of fused-ring (bicyclic) bond motifs is 1. The molecule has 0 saturated heterocycles. The molecule has 0 spiro atoms. The number of benzene rings is 3. The number of nitro benzene ring substituents is 1. The molecule has 32 heavy (non-hydrogen) atoms. The number of nitrogens with zero attached hydrogens (tertiary/aromatic N) is 1. The molecule has 0 aromatic heterocycles. The number of carbonyl (C=O) groups is 2. The summed E-state index contributed by atoms with van der Waals surface area (Å²) in [6.45, 7) is 0.229. The Morgan fingerprint density at radius 2 is 1.47 bits per heavy atom. The van der Waals surface area contributed by atoms with Crippen molar-refractivity contribution in [2.24, 2.45) is 0 Å². The van der Waals surface area contributed by atoms with Crippen LogP contribution in [0.4, 0.5) is 5.69 Å². The summed E-state index contributed by atoms with van der Waals surface area (Å²) in [6, 6.07) is 16.5. The van der Waals surface area contributed by atoms with Gasteiger partial charge in [0.15, 0.2) is 11.6 Å². The smallest absolute Gasteiger partial charge is 0.274 e. The van der Waals surface area contributed by atoms with E-state index in [2.05, 4.69) is 0 Å². The molecular weight excluding hydrogens is 414 g/mol. The van der Waals surface area contributed by atoms with Gasteiger partial charge in [0.2, 0.25) is 0 Å². The van der Waals surface area contributed by atoms with Crippen LogP contribution >= 0.6 is 0 Å². The van der Waals surface area contributed by atoms with Crippen LogP contribution in [0, 0.1) is 10.1 Å². The maximum absolute atomic E-state index is 13.3. The van der Waals surface area contributed by atoms with Gasteiger partial charge in [0.05, 0.1) is 35.8 Å². The van der Waals surface area contributed by atoms with Crippen molar-refractivity contribution < 1.29 is 28.7 Å². The predicted octanol–water partition coefficient (Wildman–Crippen LogP) is 4.35. The first-order chi connectivity index (χ1) is 15.5. The highest BCUT2D eigenvalue weighted by Crippen LogP contribution is 2.45. The third-order valence-electron chi connectivity index (χ3n) is 5.34. The van der Waals surface area contributed by atoms with Crippen LogP contribution in [0.2, 0.25) is 0 Å². The summed E-state index contributed by atoms with van der Waals surface area (Å²) in [7, 11) is 2.77. The zero-order valence-electron chi connectivity index (χ0n) is 17.4. The fourth-order valence-corrected chi connectivity index (χ4v) is 3.84. The van der Waals surface area contributed by atoms with Crippen molar-refractivity contribution in [1.82, 2.24) is 0 Å². The van der Waals surface area contributed by atoms with Gasteiger partial charge in [0.1, 0.15) is 29.8 Å². The number of ketones is 2. The highest BCUT2D eigenvalue weighted by atomic mass is 16.6. The summed E-state index contributed by atoms with van der Waals surface area (Å²) in [4.78, 5) is 37.7. The van der Waals surface area contributed by atoms with E-state index < -0.39 is 22.4 Å². The molecule has 0 fully saturated rings. The van der Waals surface area contributed by atoms with Crippen LogP contribution in [0.5, 0.6) is 17.2 Å². The van der Waals surface area contributed by atoms with Gasteiger partial charge in [-0.1, -0.05) is 30.3 Å². The number of Topliss-reactive ketones (excluding diaryl/α,β-unsaturated/α-hetero) is 2. The zero-order valence-corrected chi connectivity index (χ0v) is 17.4. The van der Waals surface area contributed by atoms with Gasteiger partial charge in [0, 0.05) is 6.07 Å². The number of rotatable bonds is 7. The maximum Gasteiger partial charge on any atom is 0.274 e. The molecule has 0 saturated carbocycles. The van der Waals surface area contributed by atoms with Crippen LogP contribution in [0.3, 0.4) is 0 Å². The quantitative estimate of drug-likeness (QED) is 0.310. The minimum atomic E-state index is -1.39. The van der Waals surface area contributed by atoms with Crippen molar-refractivity contribution in [2.45, 2.75) is 12.5 Å². The van der Waals surface area contributed by atoms with Gasteiger partial charge in [-0.05, 0) is 29.8 Å². The molecule has 0 N–H and O–H groups in total. The molecule has 0 unspecified atom stereocenters. The summed E-state index contributed by atoms with van der Waals surface area (Å²) in [5.41, 5.74) is 0.658. The lowest BCUT2D eigenvalue weighted by atomic mass is 9.92. The molecule has 1 aliphatic rings. The number of hydrogen-bond acceptors (Lipinski definition) is 7. The Bertz CT molecular complexity index is 1180. The van der Waals surface area contributed by atoms with Gasteiger partial charge in [-0.25, -0.2) is 0 Å². The Balaban J connectivity index is 1.77. The Labute approximate surface area is 183 Å². The Hall–Kier alpha value is -4.20. The lowest BCUT2D eigenvalue weighted by molar-refractivity contribution is -0.385. The number of methoxy groups -OCH3 is 2. The number of carbonyl (C=O) groups excluding carboxylic acids is 2. The van der Waals surface area contributed by atoms with Gasteiger partial charge in [-0.15, -0.1) is 0 Å². The average molecular weight is 433 g/mol. The fourth-order valence-electron chi connectivity index (χ4n) is 3.84. The van der Waals surface area contributed by atoms with Crippen molar-refractivity contribution in [3.05, 3.63) is 93.0 Å². The van der Waals surface area contributed by atoms with Crippen LogP contribution in [-0.4, -0.2) is 30.7 Å². The first kappa shape index (κ1) is 21.0. The summed E-state index contributed by atoms with van der Waals surface area (Å²) >= 11 is 0. The molecule has 0 bridgehead atoms. The summed E-state index contributed by atoms with van der Waals surface area (Å²) in [6.07, 6.45) is 0. The van der Waals surface area contributed by atoms with Gasteiger partial charge < -0.3 is 14.2 Å².